The fourth-order valence-electron chi connectivity index (χ4n) is 3.44. The number of sulfonamides is 1. The van der Waals surface area contributed by atoms with Gasteiger partial charge >= 0.3 is 0 Å². The molecule has 6 heteroatoms. The minimum absolute atomic E-state index is 0.241. The highest BCUT2D eigenvalue weighted by Crippen LogP contribution is 2.20. The van der Waals surface area contributed by atoms with Crippen molar-refractivity contribution in [2.75, 3.05) is 26.2 Å². The number of piperazine rings is 1. The molecule has 2 aromatic carbocycles. The van der Waals surface area contributed by atoms with Crippen LogP contribution in [0.15, 0.2) is 53.4 Å². The Morgan fingerprint density at radius 3 is 2.22 bits per heavy atom. The van der Waals surface area contributed by atoms with E-state index < -0.39 is 10.0 Å². The standard InChI is InChI=1S/C21H27FN2O2S/c1-17(2)14-18-6-8-21(9-7-18)27(25,26)24-12-10-23(11-13-24)16-19-4-3-5-20(22)15-19/h3-9,15,17H,10-14,16H2,1-2H3. The average molecular weight is 391 g/mol. The van der Waals surface area contributed by atoms with E-state index in [1.54, 1.807) is 22.5 Å². The zero-order valence-electron chi connectivity index (χ0n) is 15.9. The summed E-state index contributed by atoms with van der Waals surface area (Å²) in [5, 5.41) is 0. The SMILES string of the molecule is CC(C)Cc1ccc(S(=O)(=O)N2CCN(Cc3cccc(F)c3)CC2)cc1. The molecule has 4 nitrogen and oxygen atoms in total. The maximum absolute atomic E-state index is 13.3. The minimum atomic E-state index is -3.46. The average Bonchev–Trinajstić information content (AvgIpc) is 2.62. The molecule has 0 saturated carbocycles. The Bertz CT molecular complexity index is 858. The second kappa shape index (κ2) is 8.50. The Hall–Kier alpha value is -1.76. The summed E-state index contributed by atoms with van der Waals surface area (Å²) in [5.74, 6) is 0.299. The fourth-order valence-corrected chi connectivity index (χ4v) is 4.86. The molecule has 2 aromatic rings. The van der Waals surface area contributed by atoms with Crippen molar-refractivity contribution in [3.05, 3.63) is 65.5 Å². The first-order chi connectivity index (χ1) is 12.8. The van der Waals surface area contributed by atoms with Gasteiger partial charge in [0.25, 0.3) is 0 Å². The fraction of sp³-hybridized carbons (Fsp3) is 0.429. The number of hydrogen-bond donors (Lipinski definition) is 0. The maximum Gasteiger partial charge on any atom is 0.243 e. The Labute approximate surface area is 161 Å². The Morgan fingerprint density at radius 1 is 0.963 bits per heavy atom. The van der Waals surface area contributed by atoms with Gasteiger partial charge in [-0.3, -0.25) is 4.90 Å². The first-order valence-corrected chi connectivity index (χ1v) is 10.8. The van der Waals surface area contributed by atoms with Crippen LogP contribution in [0.5, 0.6) is 0 Å². The first-order valence-electron chi connectivity index (χ1n) is 9.40. The van der Waals surface area contributed by atoms with Crippen LogP contribution in [0.4, 0.5) is 4.39 Å². The molecule has 0 aliphatic carbocycles. The molecule has 0 atom stereocenters. The van der Waals surface area contributed by atoms with Crippen LogP contribution in [0.25, 0.3) is 0 Å². The smallest absolute Gasteiger partial charge is 0.243 e. The molecule has 146 valence electrons. The summed E-state index contributed by atoms with van der Waals surface area (Å²) in [6, 6.07) is 13.8. The quantitative estimate of drug-likeness (QED) is 0.758. The number of halogens is 1. The molecule has 1 aliphatic rings. The lowest BCUT2D eigenvalue weighted by Crippen LogP contribution is -2.48. The Kier molecular flexibility index (Phi) is 6.29. The van der Waals surface area contributed by atoms with Gasteiger partial charge in [-0.05, 0) is 47.7 Å². The highest BCUT2D eigenvalue weighted by Gasteiger charge is 2.28. The number of hydrogen-bond acceptors (Lipinski definition) is 3. The molecule has 0 amide bonds. The van der Waals surface area contributed by atoms with Gasteiger partial charge in [-0.15, -0.1) is 0 Å². The van der Waals surface area contributed by atoms with E-state index in [0.29, 0.717) is 43.5 Å². The van der Waals surface area contributed by atoms with Crippen molar-refractivity contribution in [1.29, 1.82) is 0 Å². The third kappa shape index (κ3) is 5.15. The molecule has 1 heterocycles. The van der Waals surface area contributed by atoms with Gasteiger partial charge in [0, 0.05) is 32.7 Å². The highest BCUT2D eigenvalue weighted by molar-refractivity contribution is 7.89. The summed E-state index contributed by atoms with van der Waals surface area (Å²) >= 11 is 0. The molecular weight excluding hydrogens is 363 g/mol. The Morgan fingerprint density at radius 2 is 1.63 bits per heavy atom. The van der Waals surface area contributed by atoms with Gasteiger partial charge in [-0.25, -0.2) is 12.8 Å². The number of nitrogens with zero attached hydrogens (tertiary/aromatic N) is 2. The van der Waals surface area contributed by atoms with Crippen LogP contribution in [-0.2, 0) is 23.0 Å². The van der Waals surface area contributed by atoms with E-state index in [2.05, 4.69) is 18.7 Å². The van der Waals surface area contributed by atoms with Gasteiger partial charge in [0.15, 0.2) is 0 Å². The van der Waals surface area contributed by atoms with Gasteiger partial charge in [0.2, 0.25) is 10.0 Å². The van der Waals surface area contributed by atoms with Crippen LogP contribution < -0.4 is 0 Å². The Balaban J connectivity index is 1.60. The van der Waals surface area contributed by atoms with E-state index in [9.17, 15) is 12.8 Å². The normalized spacial score (nSPS) is 16.7. The van der Waals surface area contributed by atoms with Crippen molar-refractivity contribution < 1.29 is 12.8 Å². The molecule has 0 radical (unpaired) electrons. The van der Waals surface area contributed by atoms with Crippen molar-refractivity contribution in [2.45, 2.75) is 31.7 Å². The molecule has 0 N–H and O–H groups in total. The molecule has 3 rings (SSSR count). The lowest BCUT2D eigenvalue weighted by Gasteiger charge is -2.34. The summed E-state index contributed by atoms with van der Waals surface area (Å²) in [4.78, 5) is 2.51. The van der Waals surface area contributed by atoms with Gasteiger partial charge in [-0.2, -0.15) is 4.31 Å². The van der Waals surface area contributed by atoms with Crippen LogP contribution in [0.2, 0.25) is 0 Å². The van der Waals surface area contributed by atoms with Gasteiger partial charge in [0.05, 0.1) is 4.90 Å². The topological polar surface area (TPSA) is 40.6 Å². The molecule has 0 aromatic heterocycles. The van der Waals surface area contributed by atoms with E-state index in [0.717, 1.165) is 17.5 Å². The van der Waals surface area contributed by atoms with E-state index in [-0.39, 0.29) is 5.82 Å². The molecule has 1 fully saturated rings. The molecule has 0 spiro atoms. The largest absolute Gasteiger partial charge is 0.296 e. The van der Waals surface area contributed by atoms with E-state index in [1.807, 2.05) is 18.2 Å². The van der Waals surface area contributed by atoms with Crippen molar-refractivity contribution in [3.8, 4) is 0 Å². The molecule has 1 aliphatic heterocycles. The maximum atomic E-state index is 13.3. The predicted molar refractivity (Wildman–Crippen MR) is 105 cm³/mol. The molecule has 0 unspecified atom stereocenters. The van der Waals surface area contributed by atoms with Crippen molar-refractivity contribution in [2.24, 2.45) is 5.92 Å². The molecule has 1 saturated heterocycles. The van der Waals surface area contributed by atoms with Crippen LogP contribution in [-0.4, -0.2) is 43.8 Å². The molecule has 0 bridgehead atoms. The highest BCUT2D eigenvalue weighted by atomic mass is 32.2. The van der Waals surface area contributed by atoms with Crippen molar-refractivity contribution >= 4 is 10.0 Å². The second-order valence-electron chi connectivity index (χ2n) is 7.55. The summed E-state index contributed by atoms with van der Waals surface area (Å²) in [6.07, 6.45) is 0.944. The zero-order chi connectivity index (χ0) is 19.4. The van der Waals surface area contributed by atoms with Crippen molar-refractivity contribution in [1.82, 2.24) is 9.21 Å². The zero-order valence-corrected chi connectivity index (χ0v) is 16.8. The third-order valence-electron chi connectivity index (χ3n) is 4.83. The van der Waals surface area contributed by atoms with Gasteiger partial charge < -0.3 is 0 Å². The monoisotopic (exact) mass is 390 g/mol. The number of benzene rings is 2. The number of rotatable bonds is 6. The van der Waals surface area contributed by atoms with Crippen LogP contribution >= 0.6 is 0 Å². The molecule has 27 heavy (non-hydrogen) atoms. The summed E-state index contributed by atoms with van der Waals surface area (Å²) in [7, 11) is -3.46. The first kappa shape index (κ1) is 20.0. The third-order valence-corrected chi connectivity index (χ3v) is 6.74. The summed E-state index contributed by atoms with van der Waals surface area (Å²) in [5.41, 5.74) is 2.07. The van der Waals surface area contributed by atoms with Crippen LogP contribution in [0.3, 0.4) is 0 Å². The lowest BCUT2D eigenvalue weighted by atomic mass is 10.0. The molecular formula is C21H27FN2O2S. The van der Waals surface area contributed by atoms with Crippen LogP contribution in [0.1, 0.15) is 25.0 Å². The van der Waals surface area contributed by atoms with Gasteiger partial charge in [-0.1, -0.05) is 38.1 Å². The van der Waals surface area contributed by atoms with E-state index >= 15 is 0 Å². The summed E-state index contributed by atoms with van der Waals surface area (Å²) < 4.78 is 40.6. The summed E-state index contributed by atoms with van der Waals surface area (Å²) in [6.45, 7) is 7.11. The predicted octanol–water partition coefficient (Wildman–Crippen LogP) is 3.53. The lowest BCUT2D eigenvalue weighted by molar-refractivity contribution is 0.181. The second-order valence-corrected chi connectivity index (χ2v) is 9.49. The van der Waals surface area contributed by atoms with E-state index in [1.165, 1.54) is 12.1 Å². The van der Waals surface area contributed by atoms with Crippen molar-refractivity contribution in [3.63, 3.8) is 0 Å². The van der Waals surface area contributed by atoms with E-state index in [4.69, 9.17) is 0 Å². The van der Waals surface area contributed by atoms with Crippen LogP contribution in [0, 0.1) is 11.7 Å². The minimum Gasteiger partial charge on any atom is -0.296 e. The van der Waals surface area contributed by atoms with Gasteiger partial charge in [0.1, 0.15) is 5.82 Å².